The van der Waals surface area contributed by atoms with Crippen molar-refractivity contribution < 1.29 is 9.00 Å². The largest absolute Gasteiger partial charge is 0.325 e. The normalized spacial score (nSPS) is 11.8. The van der Waals surface area contributed by atoms with Crippen molar-refractivity contribution in [3.8, 4) is 0 Å². The molecular weight excluding hydrogens is 476 g/mol. The van der Waals surface area contributed by atoms with Crippen LogP contribution >= 0.6 is 27.5 Å². The van der Waals surface area contributed by atoms with Crippen molar-refractivity contribution in [2.45, 2.75) is 18.1 Å². The van der Waals surface area contributed by atoms with Crippen LogP contribution in [0.3, 0.4) is 0 Å². The Bertz CT molecular complexity index is 1050. The summed E-state index contributed by atoms with van der Waals surface area (Å²) in [6.07, 6.45) is 2.21. The third-order valence-corrected chi connectivity index (χ3v) is 5.95. The molecule has 0 aliphatic carbocycles. The predicted molar refractivity (Wildman–Crippen MR) is 119 cm³/mol. The number of nitrogens with one attached hydrogen (secondary N) is 1. The lowest BCUT2D eigenvalue weighted by molar-refractivity contribution is -0.113. The molecule has 0 radical (unpaired) electrons. The Hall–Kier alpha value is -2.29. The average Bonchev–Trinajstić information content (AvgIpc) is 3.06. The third kappa shape index (κ3) is 5.85. The van der Waals surface area contributed by atoms with Gasteiger partial charge in [-0.25, -0.2) is 0 Å². The first-order chi connectivity index (χ1) is 14.0. The molecule has 0 spiro atoms. The first kappa shape index (κ1) is 21.4. The highest BCUT2D eigenvalue weighted by Crippen LogP contribution is 2.17. The smallest absolute Gasteiger partial charge is 0.237 e. The van der Waals surface area contributed by atoms with Gasteiger partial charge in [0.05, 0.1) is 0 Å². The number of halogens is 2. The fraction of sp³-hybridized carbons (Fsp3) is 0.150. The van der Waals surface area contributed by atoms with Gasteiger partial charge >= 0.3 is 0 Å². The van der Waals surface area contributed by atoms with Gasteiger partial charge in [-0.3, -0.25) is 13.6 Å². The molecule has 0 fully saturated rings. The van der Waals surface area contributed by atoms with E-state index in [1.54, 1.807) is 34.9 Å². The quantitative estimate of drug-likeness (QED) is 0.477. The Morgan fingerprint density at radius 2 is 2.00 bits per heavy atom. The topological polar surface area (TPSA) is 76.9 Å². The molecule has 150 valence electrons. The Morgan fingerprint density at radius 3 is 2.69 bits per heavy atom. The molecular formula is C20H18BrClN4O2S. The summed E-state index contributed by atoms with van der Waals surface area (Å²) in [7, 11) is -1.66. The second-order valence-electron chi connectivity index (χ2n) is 6.15. The molecule has 0 aliphatic heterocycles. The van der Waals surface area contributed by atoms with E-state index < -0.39 is 16.7 Å². The number of anilines is 1. The van der Waals surface area contributed by atoms with Gasteiger partial charge in [-0.2, -0.15) is 0 Å². The number of allylic oxidation sites excluding steroid dienone is 1. The van der Waals surface area contributed by atoms with Crippen molar-refractivity contribution in [3.05, 3.63) is 82.1 Å². The van der Waals surface area contributed by atoms with E-state index in [1.165, 1.54) is 0 Å². The van der Waals surface area contributed by atoms with Gasteiger partial charge < -0.3 is 5.32 Å². The number of carbonyl (C=O) groups excluding carboxylic acids is 1. The fourth-order valence-corrected chi connectivity index (χ4v) is 4.11. The molecule has 1 atom stereocenters. The SMILES string of the molecule is C=CCn1c(Cc2ccc(Br)cc2)nnc1[S@](=O)CC(=O)Nc1cccc(Cl)c1. The molecule has 0 saturated carbocycles. The molecule has 0 bridgehead atoms. The minimum atomic E-state index is -1.66. The van der Waals surface area contributed by atoms with E-state index in [9.17, 15) is 9.00 Å². The number of benzene rings is 2. The molecule has 1 aromatic heterocycles. The number of rotatable bonds is 8. The van der Waals surface area contributed by atoms with Crippen molar-refractivity contribution >= 4 is 49.9 Å². The lowest BCUT2D eigenvalue weighted by Crippen LogP contribution is -2.21. The highest BCUT2D eigenvalue weighted by Gasteiger charge is 2.20. The van der Waals surface area contributed by atoms with E-state index in [-0.39, 0.29) is 10.9 Å². The van der Waals surface area contributed by atoms with Gasteiger partial charge in [-0.15, -0.1) is 16.8 Å². The van der Waals surface area contributed by atoms with Crippen LogP contribution in [0.4, 0.5) is 5.69 Å². The van der Waals surface area contributed by atoms with Crippen LogP contribution in [0, 0.1) is 0 Å². The molecule has 9 heteroatoms. The minimum absolute atomic E-state index is 0.236. The van der Waals surface area contributed by atoms with Crippen molar-refractivity contribution in [1.29, 1.82) is 0 Å². The molecule has 29 heavy (non-hydrogen) atoms. The first-order valence-corrected chi connectivity index (χ1v) is 11.2. The Morgan fingerprint density at radius 1 is 1.24 bits per heavy atom. The second kappa shape index (κ2) is 9.96. The standard InChI is InChI=1S/C20H18BrClN4O2S/c1-2-10-26-18(11-14-6-8-15(21)9-7-14)24-25-20(26)29(28)13-19(27)23-17-5-3-4-16(22)12-17/h2-9,12H,1,10-11,13H2,(H,23,27)/t29-/m1/s1. The zero-order valence-corrected chi connectivity index (χ0v) is 18.5. The van der Waals surface area contributed by atoms with Crippen LogP contribution in [-0.2, 0) is 28.6 Å². The van der Waals surface area contributed by atoms with E-state index >= 15 is 0 Å². The van der Waals surface area contributed by atoms with E-state index in [0.717, 1.165) is 10.0 Å². The van der Waals surface area contributed by atoms with Crippen molar-refractivity contribution in [2.75, 3.05) is 11.1 Å². The maximum atomic E-state index is 12.8. The van der Waals surface area contributed by atoms with E-state index in [4.69, 9.17) is 11.6 Å². The summed E-state index contributed by atoms with van der Waals surface area (Å²) in [5, 5.41) is 11.7. The van der Waals surface area contributed by atoms with Crippen molar-refractivity contribution in [1.82, 2.24) is 14.8 Å². The van der Waals surface area contributed by atoms with Crippen LogP contribution in [0.2, 0.25) is 5.02 Å². The highest BCUT2D eigenvalue weighted by molar-refractivity contribution is 9.10. The lowest BCUT2D eigenvalue weighted by atomic mass is 10.1. The molecule has 0 saturated heterocycles. The van der Waals surface area contributed by atoms with Crippen molar-refractivity contribution in [2.24, 2.45) is 0 Å². The van der Waals surface area contributed by atoms with Crippen LogP contribution in [-0.4, -0.2) is 30.6 Å². The molecule has 3 rings (SSSR count). The number of nitrogens with zero attached hydrogens (tertiary/aromatic N) is 3. The average molecular weight is 494 g/mol. The molecule has 3 aromatic rings. The molecule has 6 nitrogen and oxygen atoms in total. The van der Waals surface area contributed by atoms with Gasteiger partial charge in [0.2, 0.25) is 11.1 Å². The highest BCUT2D eigenvalue weighted by atomic mass is 79.9. The number of carbonyl (C=O) groups is 1. The summed E-state index contributed by atoms with van der Waals surface area (Å²) < 4.78 is 15.5. The zero-order valence-electron chi connectivity index (χ0n) is 15.3. The van der Waals surface area contributed by atoms with Gasteiger partial charge in [-0.05, 0) is 35.9 Å². The maximum Gasteiger partial charge on any atom is 0.237 e. The van der Waals surface area contributed by atoms with Crippen molar-refractivity contribution in [3.63, 3.8) is 0 Å². The van der Waals surface area contributed by atoms with Gasteiger partial charge in [-0.1, -0.05) is 51.8 Å². The lowest BCUT2D eigenvalue weighted by Gasteiger charge is -2.09. The van der Waals surface area contributed by atoms with Crippen LogP contribution in [0.25, 0.3) is 0 Å². The number of amides is 1. The molecule has 2 aromatic carbocycles. The maximum absolute atomic E-state index is 12.8. The summed E-state index contributed by atoms with van der Waals surface area (Å²) >= 11 is 9.33. The molecule has 1 heterocycles. The van der Waals surface area contributed by atoms with E-state index in [1.807, 2.05) is 24.3 Å². The predicted octanol–water partition coefficient (Wildman–Crippen LogP) is 4.22. The minimum Gasteiger partial charge on any atom is -0.325 e. The molecule has 0 aliphatic rings. The molecule has 0 unspecified atom stereocenters. The second-order valence-corrected chi connectivity index (χ2v) is 8.85. The number of aromatic nitrogens is 3. The van der Waals surface area contributed by atoms with Crippen LogP contribution in [0.1, 0.15) is 11.4 Å². The Kier molecular flexibility index (Phi) is 7.35. The number of hydrogen-bond acceptors (Lipinski definition) is 4. The Labute approximate surface area is 184 Å². The van der Waals surface area contributed by atoms with Gasteiger partial charge in [0, 0.05) is 28.1 Å². The first-order valence-electron chi connectivity index (χ1n) is 8.67. The van der Waals surface area contributed by atoms with Gasteiger partial charge in [0.15, 0.2) is 0 Å². The van der Waals surface area contributed by atoms with E-state index in [0.29, 0.717) is 29.5 Å². The summed E-state index contributed by atoms with van der Waals surface area (Å²) in [5.74, 6) is 0.0270. The zero-order chi connectivity index (χ0) is 20.8. The van der Waals surface area contributed by atoms with Gasteiger partial charge in [0.25, 0.3) is 0 Å². The van der Waals surface area contributed by atoms with E-state index in [2.05, 4.69) is 38.0 Å². The number of hydrogen-bond donors (Lipinski definition) is 1. The summed E-state index contributed by atoms with van der Waals surface area (Å²) in [6, 6.07) is 14.6. The van der Waals surface area contributed by atoms with Gasteiger partial charge in [0.1, 0.15) is 22.4 Å². The summed E-state index contributed by atoms with van der Waals surface area (Å²) in [5.41, 5.74) is 1.59. The Balaban J connectivity index is 1.74. The molecule has 1 N–H and O–H groups in total. The third-order valence-electron chi connectivity index (χ3n) is 3.95. The fourth-order valence-electron chi connectivity index (χ4n) is 2.66. The van der Waals surface area contributed by atoms with Crippen LogP contribution < -0.4 is 5.32 Å². The monoisotopic (exact) mass is 492 g/mol. The summed E-state index contributed by atoms with van der Waals surface area (Å²) in [4.78, 5) is 12.3. The molecule has 1 amide bonds. The van der Waals surface area contributed by atoms with Crippen LogP contribution in [0.15, 0.2) is 70.8 Å². The summed E-state index contributed by atoms with van der Waals surface area (Å²) in [6.45, 7) is 4.15. The van der Waals surface area contributed by atoms with Crippen LogP contribution in [0.5, 0.6) is 0 Å².